The first-order valence-corrected chi connectivity index (χ1v) is 8.43. The molecule has 1 heterocycles. The van der Waals surface area contributed by atoms with Crippen LogP contribution in [-0.4, -0.2) is 31.3 Å². The second kappa shape index (κ2) is 9.22. The maximum atomic E-state index is 11.4. The van der Waals surface area contributed by atoms with E-state index in [1.54, 1.807) is 18.9 Å². The van der Waals surface area contributed by atoms with Gasteiger partial charge in [-0.15, -0.1) is 0 Å². The van der Waals surface area contributed by atoms with E-state index in [1.807, 2.05) is 36.6 Å². The summed E-state index contributed by atoms with van der Waals surface area (Å²) in [6, 6.07) is 7.72. The first kappa shape index (κ1) is 17.4. The van der Waals surface area contributed by atoms with E-state index >= 15 is 0 Å². The number of rotatable bonds is 7. The first-order chi connectivity index (χ1) is 11.2. The van der Waals surface area contributed by atoms with Crippen LogP contribution >= 0.6 is 11.8 Å². The third kappa shape index (κ3) is 5.61. The molecule has 0 saturated heterocycles. The van der Waals surface area contributed by atoms with Crippen LogP contribution in [0.4, 0.5) is 5.69 Å². The van der Waals surface area contributed by atoms with Crippen LogP contribution in [0.15, 0.2) is 34.7 Å². The highest BCUT2D eigenvalue weighted by molar-refractivity contribution is 8.16. The number of nitrogens with one attached hydrogen (secondary N) is 3. The molecule has 7 heteroatoms. The van der Waals surface area contributed by atoms with Crippen molar-refractivity contribution in [2.24, 2.45) is 4.99 Å². The molecule has 1 aromatic rings. The van der Waals surface area contributed by atoms with Crippen LogP contribution in [0.2, 0.25) is 0 Å². The Bertz CT molecular complexity index is 584. The number of carbonyl (C=O) groups is 1. The number of amides is 1. The molecular weight excluding hydrogens is 312 g/mol. The van der Waals surface area contributed by atoms with Crippen LogP contribution in [0, 0.1) is 0 Å². The van der Waals surface area contributed by atoms with Crippen LogP contribution in [0.3, 0.4) is 0 Å². The van der Waals surface area contributed by atoms with E-state index in [9.17, 15) is 4.79 Å². The lowest BCUT2D eigenvalue weighted by Gasteiger charge is -2.19. The number of benzene rings is 1. The van der Waals surface area contributed by atoms with Crippen molar-refractivity contribution in [3.05, 3.63) is 35.2 Å². The van der Waals surface area contributed by atoms with E-state index < -0.39 is 0 Å². The predicted molar refractivity (Wildman–Crippen MR) is 96.0 cm³/mol. The van der Waals surface area contributed by atoms with E-state index in [-0.39, 0.29) is 5.91 Å². The fourth-order valence-electron chi connectivity index (χ4n) is 1.88. The molecule has 0 aliphatic carbocycles. The van der Waals surface area contributed by atoms with Crippen molar-refractivity contribution in [1.82, 2.24) is 10.9 Å². The quantitative estimate of drug-likeness (QED) is 0.668. The Balaban J connectivity index is 1.90. The molecule has 0 radical (unpaired) electrons. The minimum Gasteiger partial charge on any atom is -0.385 e. The number of ether oxygens (including phenoxy) is 1. The van der Waals surface area contributed by atoms with Gasteiger partial charge in [-0.1, -0.05) is 30.8 Å². The van der Waals surface area contributed by atoms with Gasteiger partial charge in [0.2, 0.25) is 5.91 Å². The Hall–Kier alpha value is -1.99. The van der Waals surface area contributed by atoms with Crippen molar-refractivity contribution in [2.75, 3.05) is 25.6 Å². The summed E-state index contributed by atoms with van der Waals surface area (Å²) in [5.41, 5.74) is 9.04. The molecule has 2 rings (SSSR count). The second-order valence-electron chi connectivity index (χ2n) is 4.91. The molecule has 0 saturated carbocycles. The molecule has 124 valence electrons. The number of hydrogen-bond donors (Lipinski definition) is 3. The van der Waals surface area contributed by atoms with Crippen LogP contribution in [0.25, 0.3) is 5.70 Å². The zero-order valence-electron chi connectivity index (χ0n) is 13.4. The number of amidine groups is 1. The second-order valence-corrected chi connectivity index (χ2v) is 5.77. The first-order valence-electron chi connectivity index (χ1n) is 7.55. The SMILES string of the molecule is CCC(=O)Nc1ccc(C2=CSC(=NCCCOC)NN2)cc1. The molecule has 1 aliphatic heterocycles. The van der Waals surface area contributed by atoms with Gasteiger partial charge in [0.15, 0.2) is 5.17 Å². The van der Waals surface area contributed by atoms with Crippen molar-refractivity contribution >= 4 is 34.2 Å². The highest BCUT2D eigenvalue weighted by atomic mass is 32.2. The van der Waals surface area contributed by atoms with Crippen molar-refractivity contribution < 1.29 is 9.53 Å². The number of anilines is 1. The summed E-state index contributed by atoms with van der Waals surface area (Å²) in [4.78, 5) is 15.8. The zero-order valence-corrected chi connectivity index (χ0v) is 14.2. The van der Waals surface area contributed by atoms with E-state index in [4.69, 9.17) is 4.74 Å². The molecule has 1 amide bonds. The number of methoxy groups -OCH3 is 1. The highest BCUT2D eigenvalue weighted by Gasteiger charge is 2.10. The third-order valence-corrected chi connectivity index (χ3v) is 3.96. The summed E-state index contributed by atoms with van der Waals surface area (Å²) in [5.74, 6) is 0.0132. The van der Waals surface area contributed by atoms with Gasteiger partial charge in [-0.25, -0.2) is 0 Å². The van der Waals surface area contributed by atoms with Gasteiger partial charge in [-0.05, 0) is 18.6 Å². The minimum absolute atomic E-state index is 0.0132. The number of hydrogen-bond acceptors (Lipinski definition) is 5. The maximum absolute atomic E-state index is 11.4. The summed E-state index contributed by atoms with van der Waals surface area (Å²) in [6.07, 6.45) is 1.38. The van der Waals surface area contributed by atoms with Gasteiger partial charge in [0.1, 0.15) is 0 Å². The topological polar surface area (TPSA) is 74.8 Å². The molecule has 6 nitrogen and oxygen atoms in total. The Morgan fingerprint density at radius 3 is 2.70 bits per heavy atom. The number of aliphatic imine (C=N–C) groups is 1. The van der Waals surface area contributed by atoms with Gasteiger partial charge in [0, 0.05) is 43.3 Å². The van der Waals surface area contributed by atoms with Crippen molar-refractivity contribution in [3.8, 4) is 0 Å². The highest BCUT2D eigenvalue weighted by Crippen LogP contribution is 2.21. The molecule has 3 N–H and O–H groups in total. The van der Waals surface area contributed by atoms with Crippen LogP contribution in [0.1, 0.15) is 25.3 Å². The lowest BCUT2D eigenvalue weighted by atomic mass is 10.1. The maximum Gasteiger partial charge on any atom is 0.224 e. The monoisotopic (exact) mass is 334 g/mol. The Kier molecular flexibility index (Phi) is 6.96. The molecule has 1 aliphatic rings. The summed E-state index contributed by atoms with van der Waals surface area (Å²) in [7, 11) is 1.69. The number of thioether (sulfide) groups is 1. The third-order valence-electron chi connectivity index (χ3n) is 3.16. The molecule has 0 aromatic heterocycles. The molecule has 23 heavy (non-hydrogen) atoms. The van der Waals surface area contributed by atoms with E-state index in [1.165, 1.54) is 0 Å². The molecule has 0 atom stereocenters. The predicted octanol–water partition coefficient (Wildman–Crippen LogP) is 2.57. The lowest BCUT2D eigenvalue weighted by Crippen LogP contribution is -2.37. The number of carbonyl (C=O) groups excluding carboxylic acids is 1. The van der Waals surface area contributed by atoms with Gasteiger partial charge in [-0.2, -0.15) is 0 Å². The van der Waals surface area contributed by atoms with E-state index in [0.717, 1.165) is 41.7 Å². The van der Waals surface area contributed by atoms with Crippen molar-refractivity contribution in [2.45, 2.75) is 19.8 Å². The average Bonchev–Trinajstić information content (AvgIpc) is 2.60. The summed E-state index contributed by atoms with van der Waals surface area (Å²) < 4.78 is 5.00. The van der Waals surface area contributed by atoms with Gasteiger partial charge >= 0.3 is 0 Å². The van der Waals surface area contributed by atoms with Crippen LogP contribution in [0.5, 0.6) is 0 Å². The fourth-order valence-corrected chi connectivity index (χ4v) is 2.58. The van der Waals surface area contributed by atoms with Gasteiger partial charge < -0.3 is 10.1 Å². The average molecular weight is 334 g/mol. The molecule has 1 aromatic carbocycles. The van der Waals surface area contributed by atoms with Gasteiger partial charge in [0.25, 0.3) is 0 Å². The number of hydrazine groups is 1. The van der Waals surface area contributed by atoms with Crippen LogP contribution in [-0.2, 0) is 9.53 Å². The summed E-state index contributed by atoms with van der Waals surface area (Å²) >= 11 is 1.55. The standard InChI is InChI=1S/C16H22N4O2S/c1-3-15(21)18-13-7-5-12(6-8-13)14-11-23-16(20-19-14)17-9-4-10-22-2/h5-8,11,19H,3-4,9-10H2,1-2H3,(H,17,20)(H,18,21). The van der Waals surface area contributed by atoms with Crippen molar-refractivity contribution in [3.63, 3.8) is 0 Å². The van der Waals surface area contributed by atoms with Crippen LogP contribution < -0.4 is 16.2 Å². The molecule has 0 fully saturated rings. The summed E-state index contributed by atoms with van der Waals surface area (Å²) in [6.45, 7) is 3.29. The largest absolute Gasteiger partial charge is 0.385 e. The normalized spacial score (nSPS) is 15.6. The molecule has 0 spiro atoms. The Morgan fingerprint density at radius 2 is 2.09 bits per heavy atom. The lowest BCUT2D eigenvalue weighted by molar-refractivity contribution is -0.115. The molecule has 0 bridgehead atoms. The molecular formula is C16H22N4O2S. The van der Waals surface area contributed by atoms with Crippen molar-refractivity contribution in [1.29, 1.82) is 0 Å². The van der Waals surface area contributed by atoms with Gasteiger partial charge in [0.05, 0.1) is 5.70 Å². The fraction of sp³-hybridized carbons (Fsp3) is 0.375. The minimum atomic E-state index is 0.0132. The van der Waals surface area contributed by atoms with Gasteiger partial charge in [-0.3, -0.25) is 20.6 Å². The van der Waals surface area contributed by atoms with E-state index in [2.05, 4.69) is 21.2 Å². The van der Waals surface area contributed by atoms with E-state index in [0.29, 0.717) is 6.42 Å². The Labute approximate surface area is 140 Å². The zero-order chi connectivity index (χ0) is 16.5. The number of nitrogens with zero attached hydrogens (tertiary/aromatic N) is 1. The smallest absolute Gasteiger partial charge is 0.224 e. The summed E-state index contributed by atoms with van der Waals surface area (Å²) in [5, 5.41) is 5.70. The molecule has 0 unspecified atom stereocenters. The Morgan fingerprint density at radius 1 is 1.30 bits per heavy atom.